The highest BCUT2D eigenvalue weighted by molar-refractivity contribution is 5.93. The van der Waals surface area contributed by atoms with Crippen LogP contribution in [0, 0.1) is 0 Å². The van der Waals surface area contributed by atoms with Crippen molar-refractivity contribution in [3.63, 3.8) is 0 Å². The first kappa shape index (κ1) is 20.1. The molecule has 1 unspecified atom stereocenters. The fourth-order valence-electron chi connectivity index (χ4n) is 3.93. The van der Waals surface area contributed by atoms with Crippen LogP contribution < -0.4 is 5.56 Å². The van der Waals surface area contributed by atoms with Crippen LogP contribution in [0.1, 0.15) is 45.1 Å². The molecule has 0 bridgehead atoms. The van der Waals surface area contributed by atoms with Gasteiger partial charge in [-0.05, 0) is 25.8 Å². The summed E-state index contributed by atoms with van der Waals surface area (Å²) in [5.74, 6) is 0. The molecule has 0 saturated carbocycles. The molecule has 1 atom stereocenters. The number of unbranched alkanes of at least 4 members (excludes halogenated alkanes) is 3. The molecule has 2 aromatic carbocycles. The third-order valence-corrected chi connectivity index (χ3v) is 5.69. The van der Waals surface area contributed by atoms with Gasteiger partial charge in [-0.3, -0.25) is 4.79 Å². The van der Waals surface area contributed by atoms with Crippen LogP contribution in [0.2, 0.25) is 0 Å². The molecule has 0 saturated heterocycles. The van der Waals surface area contributed by atoms with Crippen molar-refractivity contribution >= 4 is 10.8 Å². The number of imidazole rings is 1. The summed E-state index contributed by atoms with van der Waals surface area (Å²) < 4.78 is 3.81. The van der Waals surface area contributed by atoms with Crippen LogP contribution in [0.25, 0.3) is 22.0 Å². The summed E-state index contributed by atoms with van der Waals surface area (Å²) in [6, 6.07) is 18.3. The van der Waals surface area contributed by atoms with Crippen LogP contribution in [0.15, 0.2) is 78.1 Å². The van der Waals surface area contributed by atoms with Crippen LogP contribution in [0.3, 0.4) is 0 Å². The Labute approximate surface area is 177 Å². The standard InChI is InChI=1S/C25H28N4O/c1-20(28-18-16-26-19-28)11-5-2-3-10-17-29-25(30)23-15-9-8-14-22(23)24(27-29)21-12-6-4-7-13-21/h4,6-9,12-16,18-20H,2-3,5,10-11,17H2,1H3. The fourth-order valence-corrected chi connectivity index (χ4v) is 3.93. The SMILES string of the molecule is CC(CCCCCCn1nc(-c2ccccc2)c2ccccc2c1=O)n1ccnc1. The molecule has 0 fully saturated rings. The average Bonchev–Trinajstić information content (AvgIpc) is 3.33. The number of fused-ring (bicyclic) bond motifs is 1. The van der Waals surface area contributed by atoms with Crippen molar-refractivity contribution in [2.24, 2.45) is 0 Å². The molecule has 4 aromatic rings. The van der Waals surface area contributed by atoms with Gasteiger partial charge >= 0.3 is 0 Å². The number of hydrogen-bond donors (Lipinski definition) is 0. The number of aromatic nitrogens is 4. The highest BCUT2D eigenvalue weighted by Gasteiger charge is 2.11. The minimum absolute atomic E-state index is 0.000916. The Morgan fingerprint density at radius 3 is 2.40 bits per heavy atom. The molecular weight excluding hydrogens is 372 g/mol. The highest BCUT2D eigenvalue weighted by atomic mass is 16.1. The molecule has 0 aliphatic heterocycles. The predicted octanol–water partition coefficient (Wildman–Crippen LogP) is 5.47. The maximum Gasteiger partial charge on any atom is 0.274 e. The first-order chi connectivity index (χ1) is 14.7. The Kier molecular flexibility index (Phi) is 6.38. The van der Waals surface area contributed by atoms with Crippen molar-refractivity contribution in [1.82, 2.24) is 19.3 Å². The second-order valence-corrected chi connectivity index (χ2v) is 7.85. The number of hydrogen-bond acceptors (Lipinski definition) is 3. The first-order valence-corrected chi connectivity index (χ1v) is 10.8. The molecule has 0 spiro atoms. The van der Waals surface area contributed by atoms with Crippen molar-refractivity contribution in [2.75, 3.05) is 0 Å². The van der Waals surface area contributed by atoms with Crippen LogP contribution in [0.5, 0.6) is 0 Å². The number of benzene rings is 2. The minimum atomic E-state index is -0.000916. The molecule has 30 heavy (non-hydrogen) atoms. The zero-order valence-corrected chi connectivity index (χ0v) is 17.4. The van der Waals surface area contributed by atoms with Gasteiger partial charge in [0.25, 0.3) is 5.56 Å². The monoisotopic (exact) mass is 400 g/mol. The van der Waals surface area contributed by atoms with Crippen LogP contribution in [0.4, 0.5) is 0 Å². The molecule has 0 aliphatic rings. The Bertz CT molecular complexity index is 1130. The summed E-state index contributed by atoms with van der Waals surface area (Å²) in [5, 5.41) is 6.40. The number of aryl methyl sites for hydroxylation is 1. The van der Waals surface area contributed by atoms with Crippen molar-refractivity contribution in [1.29, 1.82) is 0 Å². The minimum Gasteiger partial charge on any atom is -0.335 e. The molecular formula is C25H28N4O. The van der Waals surface area contributed by atoms with Crippen LogP contribution >= 0.6 is 0 Å². The molecule has 0 N–H and O–H groups in total. The predicted molar refractivity (Wildman–Crippen MR) is 121 cm³/mol. The molecule has 0 aliphatic carbocycles. The summed E-state index contributed by atoms with van der Waals surface area (Å²) >= 11 is 0. The molecule has 154 valence electrons. The van der Waals surface area contributed by atoms with E-state index in [4.69, 9.17) is 5.10 Å². The van der Waals surface area contributed by atoms with Crippen molar-refractivity contribution in [3.05, 3.63) is 83.7 Å². The van der Waals surface area contributed by atoms with Gasteiger partial charge in [0, 0.05) is 35.9 Å². The van der Waals surface area contributed by atoms with Gasteiger partial charge in [0.05, 0.1) is 17.4 Å². The first-order valence-electron chi connectivity index (χ1n) is 10.8. The summed E-state index contributed by atoms with van der Waals surface area (Å²) in [5.41, 5.74) is 1.91. The molecule has 0 radical (unpaired) electrons. The van der Waals surface area contributed by atoms with Crippen LogP contribution in [-0.4, -0.2) is 19.3 Å². The molecule has 2 heterocycles. The summed E-state index contributed by atoms with van der Waals surface area (Å²) in [6.45, 7) is 2.88. The lowest BCUT2D eigenvalue weighted by Gasteiger charge is -2.13. The van der Waals surface area contributed by atoms with E-state index in [-0.39, 0.29) is 5.56 Å². The molecule has 2 aromatic heterocycles. The molecule has 5 nitrogen and oxygen atoms in total. The average molecular weight is 401 g/mol. The van der Waals surface area contributed by atoms with E-state index in [0.717, 1.165) is 47.7 Å². The Hall–Kier alpha value is -3.21. The number of nitrogens with zero attached hydrogens (tertiary/aromatic N) is 4. The van der Waals surface area contributed by atoms with E-state index in [1.165, 1.54) is 6.42 Å². The van der Waals surface area contributed by atoms with E-state index in [1.54, 1.807) is 4.68 Å². The van der Waals surface area contributed by atoms with Crippen LogP contribution in [-0.2, 0) is 6.54 Å². The van der Waals surface area contributed by atoms with Gasteiger partial charge in [-0.1, -0.05) is 67.8 Å². The third kappa shape index (κ3) is 4.51. The normalized spacial score (nSPS) is 12.3. The van der Waals surface area contributed by atoms with E-state index in [9.17, 15) is 4.79 Å². The lowest BCUT2D eigenvalue weighted by molar-refractivity contribution is 0.458. The Balaban J connectivity index is 1.40. The summed E-state index contributed by atoms with van der Waals surface area (Å²) in [6.07, 6.45) is 11.3. The lowest BCUT2D eigenvalue weighted by atomic mass is 10.1. The summed E-state index contributed by atoms with van der Waals surface area (Å²) in [7, 11) is 0. The highest BCUT2D eigenvalue weighted by Crippen LogP contribution is 2.24. The van der Waals surface area contributed by atoms with Gasteiger partial charge in [0.15, 0.2) is 0 Å². The van der Waals surface area contributed by atoms with Crippen molar-refractivity contribution in [2.45, 2.75) is 51.6 Å². The van der Waals surface area contributed by atoms with Gasteiger partial charge < -0.3 is 4.57 Å². The van der Waals surface area contributed by atoms with Gasteiger partial charge in [-0.2, -0.15) is 5.10 Å². The van der Waals surface area contributed by atoms with E-state index in [2.05, 4.69) is 16.5 Å². The van der Waals surface area contributed by atoms with E-state index in [1.807, 2.05) is 73.3 Å². The van der Waals surface area contributed by atoms with E-state index in [0.29, 0.717) is 12.6 Å². The maximum atomic E-state index is 12.9. The molecule has 4 rings (SSSR count). The molecule has 5 heteroatoms. The van der Waals surface area contributed by atoms with Crippen molar-refractivity contribution in [3.8, 4) is 11.3 Å². The van der Waals surface area contributed by atoms with Gasteiger partial charge in [-0.25, -0.2) is 9.67 Å². The quantitative estimate of drug-likeness (QED) is 0.350. The fraction of sp³-hybridized carbons (Fsp3) is 0.320. The second-order valence-electron chi connectivity index (χ2n) is 7.85. The zero-order valence-electron chi connectivity index (χ0n) is 17.4. The summed E-state index contributed by atoms with van der Waals surface area (Å²) in [4.78, 5) is 17.1. The number of rotatable bonds is 9. The van der Waals surface area contributed by atoms with E-state index >= 15 is 0 Å². The molecule has 0 amide bonds. The largest absolute Gasteiger partial charge is 0.335 e. The topological polar surface area (TPSA) is 52.7 Å². The Morgan fingerprint density at radius 2 is 1.63 bits per heavy atom. The zero-order chi connectivity index (χ0) is 20.8. The smallest absolute Gasteiger partial charge is 0.274 e. The maximum absolute atomic E-state index is 12.9. The lowest BCUT2D eigenvalue weighted by Crippen LogP contribution is -2.24. The van der Waals surface area contributed by atoms with Crippen molar-refractivity contribution < 1.29 is 0 Å². The third-order valence-electron chi connectivity index (χ3n) is 5.69. The second kappa shape index (κ2) is 9.53. The van der Waals surface area contributed by atoms with Gasteiger partial charge in [-0.15, -0.1) is 0 Å². The van der Waals surface area contributed by atoms with E-state index < -0.39 is 0 Å². The van der Waals surface area contributed by atoms with Gasteiger partial charge in [0.1, 0.15) is 0 Å². The van der Waals surface area contributed by atoms with Gasteiger partial charge in [0.2, 0.25) is 0 Å². The Morgan fingerprint density at radius 1 is 0.900 bits per heavy atom.